The Labute approximate surface area is 114 Å². The van der Waals surface area contributed by atoms with Gasteiger partial charge in [0.25, 0.3) is 5.91 Å². The maximum Gasteiger partial charge on any atom is 0.258 e. The first kappa shape index (κ1) is 12.0. The fourth-order valence-electron chi connectivity index (χ4n) is 1.74. The van der Waals surface area contributed by atoms with Gasteiger partial charge in [-0.25, -0.2) is 0 Å². The van der Waals surface area contributed by atoms with Gasteiger partial charge in [0.05, 0.1) is 11.3 Å². The first-order valence-corrected chi connectivity index (χ1v) is 6.00. The lowest BCUT2D eigenvalue weighted by Gasteiger charge is -2.00. The van der Waals surface area contributed by atoms with E-state index >= 15 is 0 Å². The minimum absolute atomic E-state index is 0.248. The lowest BCUT2D eigenvalue weighted by Crippen LogP contribution is -2.12. The van der Waals surface area contributed by atoms with Crippen molar-refractivity contribution in [3.8, 4) is 11.3 Å². The van der Waals surface area contributed by atoms with E-state index in [2.05, 4.69) is 25.5 Å². The van der Waals surface area contributed by atoms with Gasteiger partial charge in [-0.15, -0.1) is 0 Å². The highest BCUT2D eigenvalue weighted by Gasteiger charge is 2.09. The number of anilines is 1. The number of aromatic amines is 1. The smallest absolute Gasteiger partial charge is 0.258 e. The fourth-order valence-corrected chi connectivity index (χ4v) is 1.74. The largest absolute Gasteiger partial charge is 0.305 e. The summed E-state index contributed by atoms with van der Waals surface area (Å²) in [5.74, 6) is 0.208. The van der Waals surface area contributed by atoms with Gasteiger partial charge < -0.3 is 5.32 Å². The number of hydrogen-bond acceptors (Lipinski definition) is 4. The molecule has 0 radical (unpaired) electrons. The lowest BCUT2D eigenvalue weighted by molar-refractivity contribution is 0.102. The average molecular weight is 265 g/mol. The molecule has 20 heavy (non-hydrogen) atoms. The van der Waals surface area contributed by atoms with Crippen LogP contribution in [0.3, 0.4) is 0 Å². The van der Waals surface area contributed by atoms with Crippen molar-refractivity contribution in [2.45, 2.75) is 0 Å². The molecule has 0 saturated carbocycles. The highest BCUT2D eigenvalue weighted by Crippen LogP contribution is 2.18. The van der Waals surface area contributed by atoms with Crippen molar-refractivity contribution in [2.24, 2.45) is 0 Å². The quantitative estimate of drug-likeness (QED) is 0.759. The Morgan fingerprint density at radius 1 is 1.10 bits per heavy atom. The molecule has 0 atom stereocenters. The molecule has 0 aliphatic heterocycles. The molecule has 0 aliphatic rings. The molecule has 0 saturated heterocycles. The van der Waals surface area contributed by atoms with Crippen molar-refractivity contribution < 1.29 is 4.79 Å². The van der Waals surface area contributed by atoms with Crippen molar-refractivity contribution in [1.29, 1.82) is 0 Å². The Morgan fingerprint density at radius 3 is 2.60 bits per heavy atom. The van der Waals surface area contributed by atoms with Gasteiger partial charge in [-0.3, -0.25) is 19.9 Å². The molecule has 1 amide bonds. The molecule has 6 nitrogen and oxygen atoms in total. The van der Waals surface area contributed by atoms with Crippen LogP contribution in [0.4, 0.5) is 5.82 Å². The summed E-state index contributed by atoms with van der Waals surface area (Å²) in [4.78, 5) is 19.9. The Bertz CT molecular complexity index is 709. The van der Waals surface area contributed by atoms with Crippen molar-refractivity contribution in [3.05, 3.63) is 60.7 Å². The van der Waals surface area contributed by atoms with Gasteiger partial charge in [0.2, 0.25) is 0 Å². The number of carbonyl (C=O) groups excluding carboxylic acids is 1. The summed E-state index contributed by atoms with van der Waals surface area (Å²) in [5.41, 5.74) is 2.18. The van der Waals surface area contributed by atoms with Crippen molar-refractivity contribution in [3.63, 3.8) is 0 Å². The standard InChI is InChI=1S/C14H11N5O/c20-14(11-4-2-6-16-9-11)17-13-7-12(18-19-13)10-3-1-5-15-8-10/h1-9H,(H2,17,18,19,20). The van der Waals surface area contributed by atoms with Crippen LogP contribution in [0.5, 0.6) is 0 Å². The summed E-state index contributed by atoms with van der Waals surface area (Å²) in [6.45, 7) is 0. The highest BCUT2D eigenvalue weighted by atomic mass is 16.1. The molecule has 0 fully saturated rings. The second-order valence-electron chi connectivity index (χ2n) is 4.10. The number of H-pyrrole nitrogens is 1. The van der Waals surface area contributed by atoms with Gasteiger partial charge in [-0.1, -0.05) is 0 Å². The van der Waals surface area contributed by atoms with Crippen LogP contribution in [-0.2, 0) is 0 Å². The van der Waals surface area contributed by atoms with Gasteiger partial charge in [0, 0.05) is 36.4 Å². The van der Waals surface area contributed by atoms with E-state index in [-0.39, 0.29) is 5.91 Å². The topological polar surface area (TPSA) is 83.6 Å². The van der Waals surface area contributed by atoms with Crippen LogP contribution in [0.2, 0.25) is 0 Å². The summed E-state index contributed by atoms with van der Waals surface area (Å²) in [6, 6.07) is 8.90. The van der Waals surface area contributed by atoms with E-state index in [0.29, 0.717) is 11.4 Å². The van der Waals surface area contributed by atoms with E-state index in [4.69, 9.17) is 0 Å². The molecular formula is C14H11N5O. The third-order valence-electron chi connectivity index (χ3n) is 2.72. The zero-order valence-corrected chi connectivity index (χ0v) is 10.4. The van der Waals surface area contributed by atoms with Crippen LogP contribution in [0.25, 0.3) is 11.3 Å². The van der Waals surface area contributed by atoms with Crippen LogP contribution in [0.15, 0.2) is 55.1 Å². The number of rotatable bonds is 3. The summed E-state index contributed by atoms with van der Waals surface area (Å²) < 4.78 is 0. The summed E-state index contributed by atoms with van der Waals surface area (Å²) in [6.07, 6.45) is 6.54. The van der Waals surface area contributed by atoms with Crippen LogP contribution in [-0.4, -0.2) is 26.1 Å². The molecule has 0 aromatic carbocycles. The Morgan fingerprint density at radius 2 is 1.90 bits per heavy atom. The maximum atomic E-state index is 11.9. The Kier molecular flexibility index (Phi) is 3.20. The normalized spacial score (nSPS) is 10.2. The van der Waals surface area contributed by atoms with Crippen molar-refractivity contribution >= 4 is 11.7 Å². The van der Waals surface area contributed by atoms with Crippen LogP contribution < -0.4 is 5.32 Å². The molecule has 0 unspecified atom stereocenters. The molecule has 6 heteroatoms. The molecule has 2 N–H and O–H groups in total. The van der Waals surface area contributed by atoms with Gasteiger partial charge >= 0.3 is 0 Å². The molecule has 3 rings (SSSR count). The Balaban J connectivity index is 1.77. The number of aromatic nitrogens is 4. The SMILES string of the molecule is O=C(Nc1cc(-c2cccnc2)[nH]n1)c1cccnc1. The molecule has 0 bridgehead atoms. The first-order valence-electron chi connectivity index (χ1n) is 6.00. The third-order valence-corrected chi connectivity index (χ3v) is 2.72. The van der Waals surface area contributed by atoms with Gasteiger partial charge in [0.1, 0.15) is 0 Å². The number of nitrogens with one attached hydrogen (secondary N) is 2. The number of carbonyl (C=O) groups is 1. The summed E-state index contributed by atoms with van der Waals surface area (Å²) in [5, 5.41) is 9.62. The van der Waals surface area contributed by atoms with Crippen LogP contribution >= 0.6 is 0 Å². The second kappa shape index (κ2) is 5.31. The van der Waals surface area contributed by atoms with E-state index < -0.39 is 0 Å². The summed E-state index contributed by atoms with van der Waals surface area (Å²) in [7, 11) is 0. The number of amides is 1. The molecule has 3 aromatic rings. The van der Waals surface area contributed by atoms with Crippen LogP contribution in [0, 0.1) is 0 Å². The fraction of sp³-hybridized carbons (Fsp3) is 0. The number of hydrogen-bond donors (Lipinski definition) is 2. The van der Waals surface area contributed by atoms with Crippen molar-refractivity contribution in [2.75, 3.05) is 5.32 Å². The minimum Gasteiger partial charge on any atom is -0.305 e. The zero-order valence-electron chi connectivity index (χ0n) is 10.4. The van der Waals surface area contributed by atoms with E-state index in [0.717, 1.165) is 11.3 Å². The third kappa shape index (κ3) is 2.54. The van der Waals surface area contributed by atoms with Gasteiger partial charge in [0.15, 0.2) is 5.82 Å². The van der Waals surface area contributed by atoms with E-state index in [1.165, 1.54) is 6.20 Å². The molecule has 98 valence electrons. The van der Waals surface area contributed by atoms with E-state index in [1.807, 2.05) is 12.1 Å². The molecule has 0 spiro atoms. The van der Waals surface area contributed by atoms with E-state index in [9.17, 15) is 4.79 Å². The van der Waals surface area contributed by atoms with Crippen LogP contribution in [0.1, 0.15) is 10.4 Å². The van der Waals surface area contributed by atoms with Crippen molar-refractivity contribution in [1.82, 2.24) is 20.2 Å². The molecule has 3 aromatic heterocycles. The number of nitrogens with zero attached hydrogens (tertiary/aromatic N) is 3. The molecular weight excluding hydrogens is 254 g/mol. The molecule has 0 aliphatic carbocycles. The predicted octanol–water partition coefficient (Wildman–Crippen LogP) is 2.12. The second-order valence-corrected chi connectivity index (χ2v) is 4.10. The first-order chi connectivity index (χ1) is 9.83. The maximum absolute atomic E-state index is 11.9. The van der Waals surface area contributed by atoms with Gasteiger partial charge in [-0.05, 0) is 24.3 Å². The molecule has 3 heterocycles. The monoisotopic (exact) mass is 265 g/mol. The minimum atomic E-state index is -0.248. The Hall–Kier alpha value is -3.02. The average Bonchev–Trinajstić information content (AvgIpc) is 2.97. The summed E-state index contributed by atoms with van der Waals surface area (Å²) >= 11 is 0. The zero-order chi connectivity index (χ0) is 13.8. The highest BCUT2D eigenvalue weighted by molar-refractivity contribution is 6.03. The predicted molar refractivity (Wildman–Crippen MR) is 74.0 cm³/mol. The lowest BCUT2D eigenvalue weighted by atomic mass is 10.2. The number of pyridine rings is 2. The van der Waals surface area contributed by atoms with E-state index in [1.54, 1.807) is 36.8 Å². The van der Waals surface area contributed by atoms with Gasteiger partial charge in [-0.2, -0.15) is 5.10 Å².